The van der Waals surface area contributed by atoms with Crippen LogP contribution in [0.4, 0.5) is 4.79 Å². The van der Waals surface area contributed by atoms with Gasteiger partial charge in [-0.1, -0.05) is 59.6 Å². The number of nitrogens with zero attached hydrogens (tertiary/aromatic N) is 1. The lowest BCUT2D eigenvalue weighted by Gasteiger charge is -2.25. The highest BCUT2D eigenvalue weighted by atomic mass is 35.5. The number of benzene rings is 2. The number of urea groups is 1. The molecule has 1 atom stereocenters. The van der Waals surface area contributed by atoms with Crippen LogP contribution < -0.4 is 10.1 Å². The average molecular weight is 398 g/mol. The highest BCUT2D eigenvalue weighted by Gasteiger charge is 2.31. The summed E-state index contributed by atoms with van der Waals surface area (Å²) in [5.74, 6) is 0. The second-order valence-electron chi connectivity index (χ2n) is 5.18. The van der Waals surface area contributed by atoms with Gasteiger partial charge in [-0.2, -0.15) is 0 Å². The van der Waals surface area contributed by atoms with Crippen molar-refractivity contribution in [3.05, 3.63) is 76.4 Å². The van der Waals surface area contributed by atoms with Crippen molar-refractivity contribution in [3.63, 3.8) is 0 Å². The number of halogens is 2. The number of hydrogen-bond donors (Lipinski definition) is 2. The van der Waals surface area contributed by atoms with Crippen molar-refractivity contribution in [2.24, 2.45) is 0 Å². The van der Waals surface area contributed by atoms with Crippen molar-refractivity contribution in [2.45, 2.75) is 10.9 Å². The first-order chi connectivity index (χ1) is 11.9. The van der Waals surface area contributed by atoms with Gasteiger partial charge in [0, 0.05) is 6.20 Å². The number of hydrazine groups is 1. The molecule has 6 nitrogen and oxygen atoms in total. The topological polar surface area (TPSA) is 78.5 Å². The van der Waals surface area contributed by atoms with E-state index in [0.29, 0.717) is 0 Å². The Bertz CT molecular complexity index is 913. The molecule has 9 heteroatoms. The molecule has 0 aromatic heterocycles. The minimum absolute atomic E-state index is 0.0695. The summed E-state index contributed by atoms with van der Waals surface area (Å²) in [5.41, 5.74) is 3.54. The highest BCUT2D eigenvalue weighted by Crippen LogP contribution is 2.29. The molecular formula is C16H13Cl2N3O3S. The highest BCUT2D eigenvalue weighted by molar-refractivity contribution is 7.90. The number of amides is 2. The molecule has 0 saturated heterocycles. The van der Waals surface area contributed by atoms with Crippen LogP contribution in [0, 0.1) is 0 Å². The maximum atomic E-state index is 12.5. The van der Waals surface area contributed by atoms with E-state index >= 15 is 0 Å². The minimum atomic E-state index is -4.24. The Morgan fingerprint density at radius 3 is 2.32 bits per heavy atom. The molecule has 1 aliphatic heterocycles. The number of carbonyl (C=O) groups excluding carboxylic acids is 1. The molecule has 25 heavy (non-hydrogen) atoms. The Kier molecular flexibility index (Phi) is 4.89. The van der Waals surface area contributed by atoms with E-state index in [1.807, 2.05) is 35.1 Å². The van der Waals surface area contributed by atoms with Gasteiger partial charge in [0.25, 0.3) is 10.0 Å². The SMILES string of the molecule is O=C(NS(=O)(=O)c1c(Cl)cccc1Cl)N1NC=CC1c1ccccc1. The van der Waals surface area contributed by atoms with E-state index in [1.54, 1.807) is 12.3 Å². The van der Waals surface area contributed by atoms with Crippen LogP contribution in [0.15, 0.2) is 65.7 Å². The molecule has 1 unspecified atom stereocenters. The van der Waals surface area contributed by atoms with E-state index in [0.717, 1.165) is 10.6 Å². The lowest BCUT2D eigenvalue weighted by molar-refractivity contribution is 0.181. The van der Waals surface area contributed by atoms with Gasteiger partial charge in [-0.25, -0.2) is 22.9 Å². The van der Waals surface area contributed by atoms with Crippen molar-refractivity contribution < 1.29 is 13.2 Å². The molecular weight excluding hydrogens is 385 g/mol. The van der Waals surface area contributed by atoms with Gasteiger partial charge in [-0.15, -0.1) is 0 Å². The smallest absolute Gasteiger partial charge is 0.301 e. The number of rotatable bonds is 3. The Labute approximate surface area is 155 Å². The van der Waals surface area contributed by atoms with Gasteiger partial charge < -0.3 is 5.43 Å². The zero-order chi connectivity index (χ0) is 18.0. The quantitative estimate of drug-likeness (QED) is 0.830. The van der Waals surface area contributed by atoms with Crippen LogP contribution in [0.25, 0.3) is 0 Å². The molecule has 0 aliphatic carbocycles. The third kappa shape index (κ3) is 3.58. The van der Waals surface area contributed by atoms with Gasteiger partial charge >= 0.3 is 6.03 Å². The zero-order valence-electron chi connectivity index (χ0n) is 12.7. The first kappa shape index (κ1) is 17.6. The van der Waals surface area contributed by atoms with E-state index in [2.05, 4.69) is 5.43 Å². The predicted molar refractivity (Wildman–Crippen MR) is 95.5 cm³/mol. The third-order valence-corrected chi connectivity index (χ3v) is 5.81. The van der Waals surface area contributed by atoms with E-state index in [-0.39, 0.29) is 14.9 Å². The molecule has 2 aromatic rings. The maximum absolute atomic E-state index is 12.5. The fourth-order valence-corrected chi connectivity index (χ4v) is 4.52. The Morgan fingerprint density at radius 2 is 1.68 bits per heavy atom. The van der Waals surface area contributed by atoms with Gasteiger partial charge in [-0.3, -0.25) is 0 Å². The number of carbonyl (C=O) groups is 1. The van der Waals surface area contributed by atoms with Crippen molar-refractivity contribution in [1.82, 2.24) is 15.2 Å². The molecule has 0 fully saturated rings. The van der Waals surface area contributed by atoms with Crippen molar-refractivity contribution in [1.29, 1.82) is 0 Å². The molecule has 2 aromatic carbocycles. The van der Waals surface area contributed by atoms with Crippen molar-refractivity contribution >= 4 is 39.3 Å². The molecule has 0 bridgehead atoms. The molecule has 0 spiro atoms. The minimum Gasteiger partial charge on any atom is -0.301 e. The number of nitrogens with one attached hydrogen (secondary N) is 2. The van der Waals surface area contributed by atoms with E-state index in [9.17, 15) is 13.2 Å². The van der Waals surface area contributed by atoms with Crippen LogP contribution in [0.5, 0.6) is 0 Å². The Hall–Kier alpha value is -2.22. The number of sulfonamides is 1. The summed E-state index contributed by atoms with van der Waals surface area (Å²) >= 11 is 11.9. The lowest BCUT2D eigenvalue weighted by Crippen LogP contribution is -2.47. The summed E-state index contributed by atoms with van der Waals surface area (Å²) in [6.07, 6.45) is 3.30. The molecule has 1 aliphatic rings. The molecule has 2 amide bonds. The molecule has 0 radical (unpaired) electrons. The van der Waals surface area contributed by atoms with Crippen LogP contribution in [0.3, 0.4) is 0 Å². The fraction of sp³-hybridized carbons (Fsp3) is 0.0625. The predicted octanol–water partition coefficient (Wildman–Crippen LogP) is 3.47. The van der Waals surface area contributed by atoms with Gasteiger partial charge in [0.15, 0.2) is 0 Å². The summed E-state index contributed by atoms with van der Waals surface area (Å²) in [7, 11) is -4.24. The molecule has 2 N–H and O–H groups in total. The first-order valence-electron chi connectivity index (χ1n) is 7.18. The fourth-order valence-electron chi connectivity index (χ4n) is 2.43. The summed E-state index contributed by atoms with van der Waals surface area (Å²) in [6, 6.07) is 12.2. The summed E-state index contributed by atoms with van der Waals surface area (Å²) in [4.78, 5) is 12.1. The van der Waals surface area contributed by atoms with E-state index < -0.39 is 22.1 Å². The van der Waals surface area contributed by atoms with Crippen molar-refractivity contribution in [3.8, 4) is 0 Å². The summed E-state index contributed by atoms with van der Waals surface area (Å²) in [6.45, 7) is 0. The van der Waals surface area contributed by atoms with Crippen LogP contribution in [-0.2, 0) is 10.0 Å². The summed E-state index contributed by atoms with van der Waals surface area (Å²) < 4.78 is 27.0. The van der Waals surface area contributed by atoms with Gasteiger partial charge in [-0.05, 0) is 23.8 Å². The van der Waals surface area contributed by atoms with Crippen LogP contribution >= 0.6 is 23.2 Å². The average Bonchev–Trinajstić information content (AvgIpc) is 3.04. The standard InChI is InChI=1S/C16H13Cl2N3O3S/c17-12-7-4-8-13(18)15(12)25(23,24)20-16(22)21-14(9-10-19-21)11-5-2-1-3-6-11/h1-10,14,19H,(H,20,22). The Morgan fingerprint density at radius 1 is 1.04 bits per heavy atom. The first-order valence-corrected chi connectivity index (χ1v) is 9.42. The molecule has 1 heterocycles. The van der Waals surface area contributed by atoms with E-state index in [1.165, 1.54) is 18.2 Å². The second kappa shape index (κ2) is 6.95. The van der Waals surface area contributed by atoms with Gasteiger partial charge in [0.1, 0.15) is 4.90 Å². The second-order valence-corrected chi connectivity index (χ2v) is 7.61. The van der Waals surface area contributed by atoms with Crippen LogP contribution in [-0.4, -0.2) is 19.5 Å². The largest absolute Gasteiger partial charge is 0.350 e. The Balaban J connectivity index is 1.84. The van der Waals surface area contributed by atoms with Crippen molar-refractivity contribution in [2.75, 3.05) is 0 Å². The number of hydrogen-bond acceptors (Lipinski definition) is 4. The molecule has 0 saturated carbocycles. The normalized spacial score (nSPS) is 16.6. The van der Waals surface area contributed by atoms with Crippen LogP contribution in [0.2, 0.25) is 10.0 Å². The monoisotopic (exact) mass is 397 g/mol. The van der Waals surface area contributed by atoms with Gasteiger partial charge in [0.2, 0.25) is 0 Å². The maximum Gasteiger partial charge on any atom is 0.350 e. The molecule has 3 rings (SSSR count). The molecule has 130 valence electrons. The zero-order valence-corrected chi connectivity index (χ0v) is 15.0. The van der Waals surface area contributed by atoms with Gasteiger partial charge in [0.05, 0.1) is 16.1 Å². The van der Waals surface area contributed by atoms with E-state index in [4.69, 9.17) is 23.2 Å². The lowest BCUT2D eigenvalue weighted by atomic mass is 10.1. The third-order valence-electron chi connectivity index (χ3n) is 3.54. The summed E-state index contributed by atoms with van der Waals surface area (Å²) in [5, 5.41) is 1.03. The van der Waals surface area contributed by atoms with Crippen LogP contribution in [0.1, 0.15) is 11.6 Å².